The molecule has 1 saturated heterocycles. The number of nitrogens with one attached hydrogen (secondary N) is 2. The number of ether oxygens (including phenoxy) is 1. The molecule has 2 aromatic rings. The number of aryl methyl sites for hydroxylation is 1. The van der Waals surface area contributed by atoms with E-state index < -0.39 is 0 Å². The lowest BCUT2D eigenvalue weighted by Gasteiger charge is -2.13. The maximum absolute atomic E-state index is 12.4. The molecule has 130 valence electrons. The summed E-state index contributed by atoms with van der Waals surface area (Å²) in [5.41, 5.74) is 2.62. The molecule has 0 spiro atoms. The van der Waals surface area contributed by atoms with Gasteiger partial charge in [-0.3, -0.25) is 10.1 Å². The van der Waals surface area contributed by atoms with Crippen molar-refractivity contribution in [3.63, 3.8) is 0 Å². The third kappa shape index (κ3) is 5.16. The first kappa shape index (κ1) is 17.2. The van der Waals surface area contributed by atoms with Gasteiger partial charge in [-0.1, -0.05) is 30.3 Å². The normalized spacial score (nSPS) is 17.3. The topological polar surface area (TPSA) is 62.7 Å². The Balaban J connectivity index is 1.73. The van der Waals surface area contributed by atoms with Crippen molar-refractivity contribution in [3.05, 3.63) is 65.7 Å². The summed E-state index contributed by atoms with van der Waals surface area (Å²) in [6.45, 7) is 3.34. The number of guanidine groups is 1. The lowest BCUT2D eigenvalue weighted by molar-refractivity contribution is 0.0975. The van der Waals surface area contributed by atoms with Crippen molar-refractivity contribution in [1.29, 1.82) is 0 Å². The molecule has 1 fully saturated rings. The van der Waals surface area contributed by atoms with Crippen LogP contribution in [0.4, 0.5) is 5.69 Å². The van der Waals surface area contributed by atoms with Crippen LogP contribution in [0.1, 0.15) is 28.8 Å². The summed E-state index contributed by atoms with van der Waals surface area (Å²) in [5, 5.41) is 6.08. The number of hydrogen-bond donors (Lipinski definition) is 2. The van der Waals surface area contributed by atoms with Crippen LogP contribution in [0.3, 0.4) is 0 Å². The zero-order valence-electron chi connectivity index (χ0n) is 14.4. The van der Waals surface area contributed by atoms with E-state index in [2.05, 4.69) is 15.6 Å². The van der Waals surface area contributed by atoms with Gasteiger partial charge in [0.2, 0.25) is 5.96 Å². The van der Waals surface area contributed by atoms with Crippen LogP contribution in [0.15, 0.2) is 59.6 Å². The molecule has 0 aromatic heterocycles. The molecule has 5 heteroatoms. The molecule has 0 aliphatic carbocycles. The van der Waals surface area contributed by atoms with Gasteiger partial charge in [0.1, 0.15) is 0 Å². The van der Waals surface area contributed by atoms with E-state index in [0.717, 1.165) is 30.7 Å². The first-order valence-electron chi connectivity index (χ1n) is 8.57. The van der Waals surface area contributed by atoms with Crippen molar-refractivity contribution in [2.45, 2.75) is 25.9 Å². The molecule has 0 bridgehead atoms. The van der Waals surface area contributed by atoms with Crippen molar-refractivity contribution in [1.82, 2.24) is 5.32 Å². The number of rotatable bonds is 4. The quantitative estimate of drug-likeness (QED) is 0.664. The number of carbonyl (C=O) groups excluding carboxylic acids is 1. The van der Waals surface area contributed by atoms with Crippen LogP contribution in [-0.4, -0.2) is 31.1 Å². The van der Waals surface area contributed by atoms with Crippen molar-refractivity contribution < 1.29 is 9.53 Å². The second-order valence-corrected chi connectivity index (χ2v) is 6.14. The first-order valence-corrected chi connectivity index (χ1v) is 8.57. The number of carbonyl (C=O) groups is 1. The summed E-state index contributed by atoms with van der Waals surface area (Å²) >= 11 is 0. The molecular weight excluding hydrogens is 314 g/mol. The van der Waals surface area contributed by atoms with Gasteiger partial charge in [0, 0.05) is 17.9 Å². The van der Waals surface area contributed by atoms with E-state index in [9.17, 15) is 4.79 Å². The number of anilines is 1. The third-order valence-electron chi connectivity index (χ3n) is 4.03. The fourth-order valence-corrected chi connectivity index (χ4v) is 2.72. The zero-order chi connectivity index (χ0) is 17.5. The number of benzene rings is 2. The molecule has 1 heterocycles. The van der Waals surface area contributed by atoms with Gasteiger partial charge in [-0.2, -0.15) is 0 Å². The highest BCUT2D eigenvalue weighted by molar-refractivity contribution is 6.09. The Morgan fingerprint density at radius 2 is 2.04 bits per heavy atom. The number of amides is 1. The lowest BCUT2D eigenvalue weighted by Crippen LogP contribution is -2.36. The monoisotopic (exact) mass is 337 g/mol. The van der Waals surface area contributed by atoms with Gasteiger partial charge < -0.3 is 10.1 Å². The highest BCUT2D eigenvalue weighted by Gasteiger charge is 2.16. The predicted octanol–water partition coefficient (Wildman–Crippen LogP) is 3.37. The van der Waals surface area contributed by atoms with Crippen molar-refractivity contribution in [2.24, 2.45) is 4.99 Å². The van der Waals surface area contributed by atoms with Gasteiger partial charge in [-0.25, -0.2) is 4.99 Å². The molecule has 5 nitrogen and oxygen atoms in total. The van der Waals surface area contributed by atoms with E-state index in [1.807, 2.05) is 49.4 Å². The second kappa shape index (κ2) is 8.44. The average Bonchev–Trinajstić information content (AvgIpc) is 3.14. The number of nitrogens with zero attached hydrogens (tertiary/aromatic N) is 1. The van der Waals surface area contributed by atoms with Crippen molar-refractivity contribution in [2.75, 3.05) is 18.5 Å². The van der Waals surface area contributed by atoms with Crippen LogP contribution in [0.25, 0.3) is 0 Å². The highest BCUT2D eigenvalue weighted by Crippen LogP contribution is 2.13. The zero-order valence-corrected chi connectivity index (χ0v) is 14.4. The lowest BCUT2D eigenvalue weighted by atomic mass is 10.2. The maximum Gasteiger partial charge on any atom is 0.257 e. The summed E-state index contributed by atoms with van der Waals surface area (Å²) in [7, 11) is 0. The van der Waals surface area contributed by atoms with Crippen LogP contribution in [0.2, 0.25) is 0 Å². The molecule has 2 aromatic carbocycles. The minimum atomic E-state index is -0.188. The van der Waals surface area contributed by atoms with E-state index in [-0.39, 0.29) is 12.0 Å². The molecular formula is C20H23N3O2. The average molecular weight is 337 g/mol. The standard InChI is InChI=1S/C20H23N3O2/c1-15-7-5-10-17(13-15)22-20(21-14-18-11-6-12-25-18)23-19(24)16-8-3-2-4-9-16/h2-5,7-10,13,18H,6,11-12,14H2,1H3,(H2,21,22,23,24)/t18-/m0/s1. The molecule has 1 amide bonds. The molecule has 0 radical (unpaired) electrons. The summed E-state index contributed by atoms with van der Waals surface area (Å²) in [4.78, 5) is 17.0. The SMILES string of the molecule is Cc1cccc(NC(=NC[C@@H]2CCCO2)NC(=O)c2ccccc2)c1. The van der Waals surface area contributed by atoms with E-state index in [1.165, 1.54) is 0 Å². The van der Waals surface area contributed by atoms with E-state index >= 15 is 0 Å². The Kier molecular flexibility index (Phi) is 5.80. The van der Waals surface area contributed by atoms with Crippen LogP contribution in [0, 0.1) is 6.92 Å². The van der Waals surface area contributed by atoms with Crippen LogP contribution in [0.5, 0.6) is 0 Å². The summed E-state index contributed by atoms with van der Waals surface area (Å²) in [5.74, 6) is 0.252. The van der Waals surface area contributed by atoms with Crippen molar-refractivity contribution >= 4 is 17.6 Å². The molecule has 0 unspecified atom stereocenters. The Morgan fingerprint density at radius 1 is 1.20 bits per heavy atom. The van der Waals surface area contributed by atoms with Gasteiger partial charge in [-0.05, 0) is 49.6 Å². The molecule has 2 N–H and O–H groups in total. The second-order valence-electron chi connectivity index (χ2n) is 6.14. The van der Waals surface area contributed by atoms with Gasteiger partial charge in [0.05, 0.1) is 12.6 Å². The number of aliphatic imine (C=N–C) groups is 1. The Labute approximate surface area is 148 Å². The van der Waals surface area contributed by atoms with Gasteiger partial charge in [0.15, 0.2) is 0 Å². The first-order chi connectivity index (χ1) is 12.2. The van der Waals surface area contributed by atoms with E-state index in [4.69, 9.17) is 4.74 Å². The molecule has 25 heavy (non-hydrogen) atoms. The fraction of sp³-hybridized carbons (Fsp3) is 0.300. The summed E-state index contributed by atoms with van der Waals surface area (Å²) in [6.07, 6.45) is 2.20. The Morgan fingerprint density at radius 3 is 2.76 bits per heavy atom. The third-order valence-corrected chi connectivity index (χ3v) is 4.03. The minimum absolute atomic E-state index is 0.128. The largest absolute Gasteiger partial charge is 0.376 e. The fourth-order valence-electron chi connectivity index (χ4n) is 2.72. The predicted molar refractivity (Wildman–Crippen MR) is 100.0 cm³/mol. The summed E-state index contributed by atoms with van der Waals surface area (Å²) in [6, 6.07) is 17.1. The van der Waals surface area contributed by atoms with Gasteiger partial charge >= 0.3 is 0 Å². The molecule has 1 atom stereocenters. The molecule has 1 aliphatic rings. The molecule has 0 saturated carbocycles. The van der Waals surface area contributed by atoms with Gasteiger partial charge in [-0.15, -0.1) is 0 Å². The maximum atomic E-state index is 12.4. The smallest absolute Gasteiger partial charge is 0.257 e. The summed E-state index contributed by atoms with van der Waals surface area (Å²) < 4.78 is 5.61. The van der Waals surface area contributed by atoms with E-state index in [0.29, 0.717) is 18.1 Å². The Bertz CT molecular complexity index is 738. The Hall–Kier alpha value is -2.66. The minimum Gasteiger partial charge on any atom is -0.376 e. The molecule has 3 rings (SSSR count). The van der Waals surface area contributed by atoms with Crippen LogP contribution >= 0.6 is 0 Å². The van der Waals surface area contributed by atoms with Crippen LogP contribution in [-0.2, 0) is 4.74 Å². The number of hydrogen-bond acceptors (Lipinski definition) is 3. The van der Waals surface area contributed by atoms with Crippen LogP contribution < -0.4 is 10.6 Å². The highest BCUT2D eigenvalue weighted by atomic mass is 16.5. The van der Waals surface area contributed by atoms with Crippen molar-refractivity contribution in [3.8, 4) is 0 Å². The van der Waals surface area contributed by atoms with Gasteiger partial charge in [0.25, 0.3) is 5.91 Å². The molecule has 1 aliphatic heterocycles. The van der Waals surface area contributed by atoms with E-state index in [1.54, 1.807) is 12.1 Å².